The van der Waals surface area contributed by atoms with Gasteiger partial charge in [-0.1, -0.05) is 72.9 Å². The highest BCUT2D eigenvalue weighted by atomic mass is 127. The molecule has 0 saturated heterocycles. The molecule has 0 aromatic heterocycles. The zero-order chi connectivity index (χ0) is 28.3. The van der Waals surface area contributed by atoms with E-state index in [0.29, 0.717) is 8.84 Å². The van der Waals surface area contributed by atoms with Crippen LogP contribution in [0, 0.1) is 99.5 Å². The van der Waals surface area contributed by atoms with Crippen molar-refractivity contribution in [1.82, 2.24) is 0 Å². The third kappa shape index (κ3) is 1.18. The summed E-state index contributed by atoms with van der Waals surface area (Å²) in [6.07, 6.45) is 28.3. The molecule has 0 N–H and O–H groups in total. The average Bonchev–Trinajstić information content (AvgIpc) is 3.01. The monoisotopic (exact) mass is 796 g/mol. The van der Waals surface area contributed by atoms with Gasteiger partial charge in [0.25, 0.3) is 0 Å². The van der Waals surface area contributed by atoms with Gasteiger partial charge in [-0.25, -0.2) is 0 Å². The molecular weight excluding hydrogens is 746 g/mol. The normalized spacial score (nSPS) is 88.9. The molecule has 0 nitrogen and oxygen atoms in total. The first kappa shape index (κ1) is 23.8. The van der Waals surface area contributed by atoms with Crippen LogP contribution in [-0.2, 0) is 0 Å². The molecule has 16 aliphatic carbocycles. The van der Waals surface area contributed by atoms with Crippen LogP contribution in [0.5, 0.6) is 0 Å². The summed E-state index contributed by atoms with van der Waals surface area (Å²) in [5.41, 5.74) is 11.5. The Morgan fingerprint density at radius 3 is 2.05 bits per heavy atom. The number of rotatable bonds is 3. The second-order valence-electron chi connectivity index (χ2n) is 23.9. The lowest BCUT2D eigenvalue weighted by atomic mass is 8.73. The van der Waals surface area contributed by atoms with Crippen molar-refractivity contribution in [3.05, 3.63) is 0 Å². The number of hydrogen-bond donors (Lipinski definition) is 0. The van der Waals surface area contributed by atoms with Gasteiger partial charge in [0.1, 0.15) is 0 Å². The lowest BCUT2D eigenvalue weighted by Gasteiger charge is -3.31. The van der Waals surface area contributed by atoms with E-state index in [2.05, 4.69) is 72.9 Å². The Morgan fingerprint density at radius 1 is 0.628 bits per heavy atom. The van der Waals surface area contributed by atoms with Crippen molar-refractivity contribution >= 4 is 45.2 Å². The summed E-state index contributed by atoms with van der Waals surface area (Å²) < 4.78 is 1.34. The van der Waals surface area contributed by atoms with Gasteiger partial charge in [0, 0.05) is 12.3 Å². The molecule has 0 radical (unpaired) electrons. The van der Waals surface area contributed by atoms with Gasteiger partial charge < -0.3 is 0 Å². The summed E-state index contributed by atoms with van der Waals surface area (Å²) >= 11 is 6.35. The summed E-state index contributed by atoms with van der Waals surface area (Å²) in [6, 6.07) is 0. The van der Waals surface area contributed by atoms with Gasteiger partial charge in [0.05, 0.1) is 0 Å². The molecule has 43 heavy (non-hydrogen) atoms. The molecule has 0 bridgehead atoms. The van der Waals surface area contributed by atoms with E-state index in [1.165, 1.54) is 24.7 Å². The molecule has 0 heterocycles. The van der Waals surface area contributed by atoms with Gasteiger partial charge in [0.2, 0.25) is 0 Å². The Labute approximate surface area is 286 Å². The second kappa shape index (κ2) is 4.90. The molecule has 10 spiro atoms. The zero-order valence-electron chi connectivity index (χ0n) is 27.1. The molecule has 16 rings (SSSR count). The molecule has 0 aromatic carbocycles. The second-order valence-corrected chi connectivity index (χ2v) is 27.9. The van der Waals surface area contributed by atoms with Crippen molar-refractivity contribution in [2.75, 3.05) is 0 Å². The first-order valence-electron chi connectivity index (χ1n) is 19.6. The van der Waals surface area contributed by atoms with E-state index < -0.39 is 0 Å². The molecular formula is C41H50I2. The van der Waals surface area contributed by atoms with E-state index in [1.807, 2.05) is 0 Å². The maximum absolute atomic E-state index is 3.24. The van der Waals surface area contributed by atoms with Gasteiger partial charge in [0.15, 0.2) is 0 Å². The van der Waals surface area contributed by atoms with Crippen LogP contribution in [0.2, 0.25) is 0 Å². The predicted octanol–water partition coefficient (Wildman–Crippen LogP) is 10.5. The van der Waals surface area contributed by atoms with Gasteiger partial charge in [-0.3, -0.25) is 0 Å². The van der Waals surface area contributed by atoms with Crippen molar-refractivity contribution in [3.63, 3.8) is 0 Å². The summed E-state index contributed by atoms with van der Waals surface area (Å²) in [4.78, 5) is 0. The number of halogens is 2. The van der Waals surface area contributed by atoms with Crippen molar-refractivity contribution < 1.29 is 0 Å². The smallest absolute Gasteiger partial charge is 0.0367 e. The molecule has 19 unspecified atom stereocenters. The van der Waals surface area contributed by atoms with Crippen LogP contribution < -0.4 is 0 Å². The Kier molecular flexibility index (Phi) is 2.71. The van der Waals surface area contributed by atoms with E-state index in [-0.39, 0.29) is 0 Å². The van der Waals surface area contributed by atoms with Crippen LogP contribution in [0.15, 0.2) is 0 Å². The molecule has 0 aliphatic heterocycles. The van der Waals surface area contributed by atoms with Gasteiger partial charge in [-0.05, 0) is 203 Å². The number of fused-ring (bicyclic) bond motifs is 1. The van der Waals surface area contributed by atoms with E-state index in [0.717, 1.165) is 85.7 Å². The van der Waals surface area contributed by atoms with Crippen LogP contribution in [0.4, 0.5) is 0 Å². The number of alkyl halides is 2. The highest BCUT2D eigenvalue weighted by Crippen LogP contribution is 3.34. The van der Waals surface area contributed by atoms with Crippen molar-refractivity contribution in [2.24, 2.45) is 99.5 Å². The highest BCUT2D eigenvalue weighted by molar-refractivity contribution is 14.1. The van der Waals surface area contributed by atoms with Crippen LogP contribution in [0.3, 0.4) is 0 Å². The largest absolute Gasteiger partial charge is 0.0783 e. The first-order chi connectivity index (χ1) is 20.2. The highest BCUT2D eigenvalue weighted by Gasteiger charge is 3.31. The van der Waals surface area contributed by atoms with Gasteiger partial charge in [-0.15, -0.1) is 0 Å². The minimum absolute atomic E-state index is 0.571. The molecule has 0 aromatic rings. The fourth-order valence-corrected chi connectivity index (χ4v) is 32.0. The van der Waals surface area contributed by atoms with Crippen molar-refractivity contribution in [1.29, 1.82) is 0 Å². The Balaban J connectivity index is 0.874. The summed E-state index contributed by atoms with van der Waals surface area (Å²) in [5, 5.41) is 0. The third-order valence-electron chi connectivity index (χ3n) is 25.6. The molecule has 16 aliphatic rings. The standard InChI is InChI=1S/C41H50I2/c1-26(2)7-11-36(26,42)17-29(16-30-14-27(3)6-5-22(24(27)30)25(29)30)23-13-31-9-10-32(31)18-34-19-33-15-28(4)8-12-38(28,33)39(43)21-35(41(33,34)39)20-37(23,31)40(32,34)35/h22-25H,5-21H2,1-4H3. The molecule has 16 saturated carbocycles. The maximum atomic E-state index is 3.24. The SMILES string of the molecule is CC12CCC3C1C1(C2)CC(CC2(I)CCC2(C)C)(C2CC45CCC46CC47CC89CC%10(C)CCC%108C8(I)CC%10(CC25C64%10)C897)C31. The first-order valence-corrected chi connectivity index (χ1v) is 21.7. The Hall–Kier alpha value is 1.46. The third-order valence-corrected chi connectivity index (χ3v) is 30.1. The molecule has 16 fully saturated rings. The quantitative estimate of drug-likeness (QED) is 0.197. The predicted molar refractivity (Wildman–Crippen MR) is 183 cm³/mol. The van der Waals surface area contributed by atoms with E-state index in [9.17, 15) is 0 Å². The fourth-order valence-electron chi connectivity index (χ4n) is 27.1. The minimum atomic E-state index is 0.571. The summed E-state index contributed by atoms with van der Waals surface area (Å²) in [7, 11) is 0. The summed E-state index contributed by atoms with van der Waals surface area (Å²) in [6.45, 7) is 10.9. The maximum Gasteiger partial charge on any atom is 0.0367 e. The van der Waals surface area contributed by atoms with Crippen molar-refractivity contribution in [3.8, 4) is 0 Å². The van der Waals surface area contributed by atoms with E-state index in [4.69, 9.17) is 0 Å². The molecule has 228 valence electrons. The van der Waals surface area contributed by atoms with Crippen LogP contribution in [0.25, 0.3) is 0 Å². The Morgan fingerprint density at radius 2 is 1.42 bits per heavy atom. The zero-order valence-corrected chi connectivity index (χ0v) is 31.4. The molecule has 19 atom stereocenters. The van der Waals surface area contributed by atoms with Crippen LogP contribution >= 0.6 is 45.2 Å². The lowest BCUT2D eigenvalue weighted by molar-refractivity contribution is -0.830. The summed E-state index contributed by atoms with van der Waals surface area (Å²) in [5.74, 6) is 4.65. The lowest BCUT2D eigenvalue weighted by Crippen LogP contribution is -3.28. The van der Waals surface area contributed by atoms with Crippen LogP contribution in [0.1, 0.15) is 137 Å². The van der Waals surface area contributed by atoms with Crippen molar-refractivity contribution in [2.45, 2.75) is 144 Å². The van der Waals surface area contributed by atoms with Gasteiger partial charge >= 0.3 is 0 Å². The molecule has 0 amide bonds. The van der Waals surface area contributed by atoms with Crippen LogP contribution in [-0.4, -0.2) is 6.84 Å². The van der Waals surface area contributed by atoms with E-state index in [1.54, 1.807) is 96.3 Å². The fraction of sp³-hybridized carbons (Fsp3) is 1.00. The van der Waals surface area contributed by atoms with Gasteiger partial charge in [-0.2, -0.15) is 0 Å². The van der Waals surface area contributed by atoms with E-state index >= 15 is 0 Å². The average molecular weight is 797 g/mol. The Bertz CT molecular complexity index is 1720. The topological polar surface area (TPSA) is 0 Å². The minimum Gasteiger partial charge on any atom is -0.0783 e. The number of hydrogen-bond acceptors (Lipinski definition) is 0. The molecule has 2 heteroatoms.